The van der Waals surface area contributed by atoms with Gasteiger partial charge < -0.3 is 14.2 Å². The van der Waals surface area contributed by atoms with Gasteiger partial charge in [0, 0.05) is 23.5 Å². The Hall–Kier alpha value is -3.70. The highest BCUT2D eigenvalue weighted by molar-refractivity contribution is 6.07. The van der Waals surface area contributed by atoms with Gasteiger partial charge >= 0.3 is 5.97 Å². The fourth-order valence-corrected chi connectivity index (χ4v) is 10.2. The maximum atomic E-state index is 13.9. The van der Waals surface area contributed by atoms with Crippen LogP contribution in [0.5, 0.6) is 0 Å². The van der Waals surface area contributed by atoms with E-state index in [1.165, 1.54) is 5.57 Å². The number of allylic oxidation sites excluding steroid dienone is 7. The highest BCUT2D eigenvalue weighted by Gasteiger charge is 2.68. The number of benzene rings is 2. The Morgan fingerprint density at radius 1 is 0.878 bits per heavy atom. The molecule has 0 unspecified atom stereocenters. The summed E-state index contributed by atoms with van der Waals surface area (Å²) < 4.78 is 19.0. The molecule has 6 atom stereocenters. The smallest absolute Gasteiger partial charge is 0.312 e. The van der Waals surface area contributed by atoms with Crippen molar-refractivity contribution in [3.05, 3.63) is 118 Å². The number of fused-ring (bicyclic) bond motifs is 3. The minimum Gasteiger partial charge on any atom is -0.485 e. The number of esters is 1. The van der Waals surface area contributed by atoms with Crippen molar-refractivity contribution < 1.29 is 23.8 Å². The first-order chi connectivity index (χ1) is 23.3. The number of ether oxygens (including phenoxy) is 3. The normalized spacial score (nSPS) is 34.2. The number of ketones is 1. The van der Waals surface area contributed by atoms with E-state index >= 15 is 0 Å². The Bertz CT molecular complexity index is 1730. The average Bonchev–Trinajstić information content (AvgIpc) is 3.11. The first kappa shape index (κ1) is 35.1. The molecule has 0 amide bonds. The molecule has 260 valence electrons. The molecule has 0 N–H and O–H groups in total. The number of rotatable bonds is 9. The molecule has 0 spiro atoms. The van der Waals surface area contributed by atoms with E-state index in [4.69, 9.17) is 14.2 Å². The van der Waals surface area contributed by atoms with Gasteiger partial charge in [0.2, 0.25) is 5.78 Å². The minimum atomic E-state index is -0.667. The maximum absolute atomic E-state index is 13.9. The topological polar surface area (TPSA) is 61.8 Å². The summed E-state index contributed by atoms with van der Waals surface area (Å²) >= 11 is 0. The van der Waals surface area contributed by atoms with Crippen molar-refractivity contribution in [3.8, 4) is 0 Å². The molecule has 49 heavy (non-hydrogen) atoms. The first-order valence-electron chi connectivity index (χ1n) is 18.1. The number of carbonyl (C=O) groups excluding carboxylic acids is 2. The van der Waals surface area contributed by atoms with E-state index < -0.39 is 11.0 Å². The second kappa shape index (κ2) is 12.9. The fourth-order valence-electron chi connectivity index (χ4n) is 10.2. The third kappa shape index (κ3) is 5.48. The molecule has 2 aromatic rings. The van der Waals surface area contributed by atoms with Crippen molar-refractivity contribution >= 4 is 11.8 Å². The SMILES string of the molecule is CC[C@]1(C)C2=CC=C3C(=CC(=O)C(OCc4ccccc4)=C3C)[C@]2(C)CC[C@@]1(C)[C@]1(OC)C[C@](C)(C(=O)OCc2ccccc2)CC[C@H]1C. The van der Waals surface area contributed by atoms with E-state index in [2.05, 4.69) is 53.7 Å². The van der Waals surface area contributed by atoms with Gasteiger partial charge in [0.15, 0.2) is 5.76 Å². The molecule has 0 aromatic heterocycles. The van der Waals surface area contributed by atoms with Crippen LogP contribution in [-0.2, 0) is 37.0 Å². The number of hydrogen-bond acceptors (Lipinski definition) is 5. The standard InChI is InChI=1S/C44H54O5/c1-9-42(6)37-21-20-34-31(3)38(48-27-32-16-12-10-13-17-32)36(45)26-35(34)41(37,5)24-25-43(42,7)44(47-8)29-40(4,23-22-30(44)2)39(46)49-28-33-18-14-11-15-19-33/h10-21,26,30H,9,22-25,27-29H2,1-8H3/t30-,40-,41+,42-,43-,44+/m1/s1. The third-order valence-electron chi connectivity index (χ3n) is 13.6. The Morgan fingerprint density at radius 2 is 1.51 bits per heavy atom. The van der Waals surface area contributed by atoms with Gasteiger partial charge in [-0.05, 0) is 92.1 Å². The van der Waals surface area contributed by atoms with Crippen LogP contribution in [0.4, 0.5) is 0 Å². The zero-order valence-electron chi connectivity index (χ0n) is 30.8. The molecule has 5 nitrogen and oxygen atoms in total. The van der Waals surface area contributed by atoms with Gasteiger partial charge in [0.1, 0.15) is 13.2 Å². The first-order valence-corrected chi connectivity index (χ1v) is 18.1. The van der Waals surface area contributed by atoms with Gasteiger partial charge in [-0.1, -0.05) is 113 Å². The van der Waals surface area contributed by atoms with Crippen LogP contribution in [-0.4, -0.2) is 24.5 Å². The number of methoxy groups -OCH3 is 1. The predicted octanol–water partition coefficient (Wildman–Crippen LogP) is 10.0. The number of hydrogen-bond donors (Lipinski definition) is 0. The molecule has 6 rings (SSSR count). The fraction of sp³-hybridized carbons (Fsp3) is 0.500. The van der Waals surface area contributed by atoms with Gasteiger partial charge in [-0.2, -0.15) is 0 Å². The van der Waals surface area contributed by atoms with Gasteiger partial charge in [-0.25, -0.2) is 0 Å². The largest absolute Gasteiger partial charge is 0.485 e. The van der Waals surface area contributed by atoms with Crippen LogP contribution in [0.15, 0.2) is 107 Å². The van der Waals surface area contributed by atoms with Crippen LogP contribution >= 0.6 is 0 Å². The van der Waals surface area contributed by atoms with Crippen LogP contribution in [0, 0.1) is 27.6 Å². The van der Waals surface area contributed by atoms with E-state index in [0.29, 0.717) is 18.8 Å². The minimum absolute atomic E-state index is 0.0614. The summed E-state index contributed by atoms with van der Waals surface area (Å²) in [6, 6.07) is 19.9. The Balaban J connectivity index is 1.35. The second-order valence-electron chi connectivity index (χ2n) is 16.0. The lowest BCUT2D eigenvalue weighted by Gasteiger charge is -2.68. The van der Waals surface area contributed by atoms with Crippen LogP contribution in [0.25, 0.3) is 0 Å². The van der Waals surface area contributed by atoms with E-state index in [1.807, 2.05) is 80.8 Å². The molecule has 0 aliphatic heterocycles. The van der Waals surface area contributed by atoms with Gasteiger partial charge in [-0.15, -0.1) is 0 Å². The quantitative estimate of drug-likeness (QED) is 0.250. The highest BCUT2D eigenvalue weighted by Crippen LogP contribution is 2.72. The van der Waals surface area contributed by atoms with Crippen molar-refractivity contribution in [2.24, 2.45) is 27.6 Å². The summed E-state index contributed by atoms with van der Waals surface area (Å²) in [4.78, 5) is 27.7. The van der Waals surface area contributed by atoms with Crippen molar-refractivity contribution in [1.29, 1.82) is 0 Å². The van der Waals surface area contributed by atoms with Crippen LogP contribution in [0.2, 0.25) is 0 Å². The number of carbonyl (C=O) groups is 2. The van der Waals surface area contributed by atoms with Gasteiger partial charge in [0.05, 0.1) is 11.0 Å². The Labute approximate surface area is 293 Å². The van der Waals surface area contributed by atoms with Crippen LogP contribution in [0.1, 0.15) is 98.1 Å². The van der Waals surface area contributed by atoms with Crippen molar-refractivity contribution in [3.63, 3.8) is 0 Å². The summed E-state index contributed by atoms with van der Waals surface area (Å²) in [5, 5.41) is 0. The van der Waals surface area contributed by atoms with E-state index in [9.17, 15) is 9.59 Å². The van der Waals surface area contributed by atoms with Crippen LogP contribution < -0.4 is 0 Å². The van der Waals surface area contributed by atoms with Gasteiger partial charge in [0.25, 0.3) is 0 Å². The van der Waals surface area contributed by atoms with Crippen molar-refractivity contribution in [2.45, 2.75) is 106 Å². The molecule has 0 radical (unpaired) electrons. The summed E-state index contributed by atoms with van der Waals surface area (Å²) in [5.41, 5.74) is 4.35. The second-order valence-corrected chi connectivity index (χ2v) is 16.0. The molecule has 4 aliphatic rings. The van der Waals surface area contributed by atoms with Crippen LogP contribution in [0.3, 0.4) is 0 Å². The lowest BCUT2D eigenvalue weighted by molar-refractivity contribution is -0.233. The van der Waals surface area contributed by atoms with Crippen molar-refractivity contribution in [2.75, 3.05) is 7.11 Å². The molecule has 4 aliphatic carbocycles. The Kier molecular flexibility index (Phi) is 9.24. The molecule has 2 fully saturated rings. The third-order valence-corrected chi connectivity index (χ3v) is 13.6. The summed E-state index contributed by atoms with van der Waals surface area (Å²) in [6.07, 6.45) is 11.3. The molecular weight excluding hydrogens is 608 g/mol. The zero-order chi connectivity index (χ0) is 35.2. The van der Waals surface area contributed by atoms with Crippen molar-refractivity contribution in [1.82, 2.24) is 0 Å². The highest BCUT2D eigenvalue weighted by atomic mass is 16.5. The van der Waals surface area contributed by atoms with E-state index in [0.717, 1.165) is 60.0 Å². The lowest BCUT2D eigenvalue weighted by Crippen LogP contribution is -2.67. The summed E-state index contributed by atoms with van der Waals surface area (Å²) in [6.45, 7) is 16.5. The molecule has 2 saturated carbocycles. The molecule has 0 saturated heterocycles. The lowest BCUT2D eigenvalue weighted by atomic mass is 9.38. The molecule has 0 bridgehead atoms. The Morgan fingerprint density at radius 3 is 2.12 bits per heavy atom. The predicted molar refractivity (Wildman–Crippen MR) is 194 cm³/mol. The monoisotopic (exact) mass is 662 g/mol. The van der Waals surface area contributed by atoms with E-state index in [-0.39, 0.29) is 40.5 Å². The molecule has 0 heterocycles. The zero-order valence-corrected chi connectivity index (χ0v) is 30.8. The van der Waals surface area contributed by atoms with Gasteiger partial charge in [-0.3, -0.25) is 9.59 Å². The summed E-state index contributed by atoms with van der Waals surface area (Å²) in [7, 11) is 1.85. The molecule has 2 aromatic carbocycles. The maximum Gasteiger partial charge on any atom is 0.312 e. The van der Waals surface area contributed by atoms with E-state index in [1.54, 1.807) is 0 Å². The summed E-state index contributed by atoms with van der Waals surface area (Å²) in [5.74, 6) is 0.475. The molecular formula is C44H54O5. The average molecular weight is 663 g/mol. The molecule has 5 heteroatoms.